The standard InChI is InChI=1S/C11H10FNO5/c1-17-11-8(14)5-10(11)18-9-3-2-6(12)4-7(9)13(15)16/h2-4,10-11H,5H2,1H3. The molecule has 6 nitrogen and oxygen atoms in total. The van der Waals surface area contributed by atoms with Crippen LogP contribution in [0.2, 0.25) is 0 Å². The Morgan fingerprint density at radius 1 is 1.50 bits per heavy atom. The van der Waals surface area contributed by atoms with E-state index in [4.69, 9.17) is 9.47 Å². The van der Waals surface area contributed by atoms with Crippen molar-refractivity contribution in [3.63, 3.8) is 0 Å². The number of hydrogen-bond donors (Lipinski definition) is 0. The highest BCUT2D eigenvalue weighted by molar-refractivity contribution is 5.90. The van der Waals surface area contributed by atoms with Crippen molar-refractivity contribution in [2.24, 2.45) is 0 Å². The van der Waals surface area contributed by atoms with E-state index < -0.39 is 28.6 Å². The number of carbonyl (C=O) groups is 1. The average molecular weight is 255 g/mol. The molecule has 0 amide bonds. The van der Waals surface area contributed by atoms with Gasteiger partial charge in [-0.1, -0.05) is 0 Å². The molecule has 0 spiro atoms. The van der Waals surface area contributed by atoms with E-state index >= 15 is 0 Å². The van der Waals surface area contributed by atoms with Crippen LogP contribution in [0.5, 0.6) is 5.75 Å². The van der Waals surface area contributed by atoms with Crippen molar-refractivity contribution in [2.75, 3.05) is 7.11 Å². The van der Waals surface area contributed by atoms with E-state index in [1.165, 1.54) is 13.2 Å². The van der Waals surface area contributed by atoms with Crippen molar-refractivity contribution in [1.29, 1.82) is 0 Å². The van der Waals surface area contributed by atoms with Gasteiger partial charge in [0.2, 0.25) is 0 Å². The molecule has 0 radical (unpaired) electrons. The van der Waals surface area contributed by atoms with E-state index in [2.05, 4.69) is 0 Å². The SMILES string of the molecule is COC1C(=O)CC1Oc1ccc(F)cc1[N+](=O)[O-]. The molecule has 0 bridgehead atoms. The largest absolute Gasteiger partial charge is 0.480 e. The Kier molecular flexibility index (Phi) is 3.24. The van der Waals surface area contributed by atoms with Gasteiger partial charge in [-0.2, -0.15) is 0 Å². The first-order chi connectivity index (χ1) is 8.52. The predicted octanol–water partition coefficient (Wildman–Crippen LogP) is 1.47. The first-order valence-corrected chi connectivity index (χ1v) is 5.19. The summed E-state index contributed by atoms with van der Waals surface area (Å²) >= 11 is 0. The Hall–Kier alpha value is -2.02. The lowest BCUT2D eigenvalue weighted by molar-refractivity contribution is -0.386. The monoisotopic (exact) mass is 255 g/mol. The molecule has 1 aromatic carbocycles. The van der Waals surface area contributed by atoms with Crippen LogP contribution in [0.25, 0.3) is 0 Å². The Morgan fingerprint density at radius 2 is 2.22 bits per heavy atom. The highest BCUT2D eigenvalue weighted by Gasteiger charge is 2.42. The van der Waals surface area contributed by atoms with Crippen LogP contribution >= 0.6 is 0 Å². The fourth-order valence-electron chi connectivity index (χ4n) is 1.75. The zero-order valence-electron chi connectivity index (χ0n) is 9.46. The van der Waals surface area contributed by atoms with Crippen molar-refractivity contribution in [1.82, 2.24) is 0 Å². The molecule has 1 aromatic rings. The highest BCUT2D eigenvalue weighted by Crippen LogP contribution is 2.32. The third kappa shape index (κ3) is 2.17. The molecule has 0 heterocycles. The van der Waals surface area contributed by atoms with Crippen LogP contribution < -0.4 is 4.74 Å². The van der Waals surface area contributed by atoms with E-state index in [9.17, 15) is 19.3 Å². The number of halogens is 1. The summed E-state index contributed by atoms with van der Waals surface area (Å²) in [6, 6.07) is 3.01. The van der Waals surface area contributed by atoms with E-state index in [-0.39, 0.29) is 18.0 Å². The summed E-state index contributed by atoms with van der Waals surface area (Å²) in [6.07, 6.45) is -1.14. The van der Waals surface area contributed by atoms with Crippen LogP contribution in [-0.4, -0.2) is 30.0 Å². The first kappa shape index (κ1) is 12.4. The second-order valence-electron chi connectivity index (χ2n) is 3.85. The van der Waals surface area contributed by atoms with E-state index in [1.54, 1.807) is 0 Å². The number of nitrogens with zero attached hydrogens (tertiary/aromatic N) is 1. The Morgan fingerprint density at radius 3 is 2.78 bits per heavy atom. The Balaban J connectivity index is 2.19. The van der Waals surface area contributed by atoms with Crippen LogP contribution in [0.4, 0.5) is 10.1 Å². The predicted molar refractivity (Wildman–Crippen MR) is 57.9 cm³/mol. The summed E-state index contributed by atoms with van der Waals surface area (Å²) in [5.74, 6) is -0.907. The summed E-state index contributed by atoms with van der Waals surface area (Å²) in [7, 11) is 1.36. The van der Waals surface area contributed by atoms with Gasteiger partial charge in [0, 0.05) is 13.5 Å². The van der Waals surface area contributed by atoms with Gasteiger partial charge in [0.1, 0.15) is 11.9 Å². The number of Topliss-reactive ketones (excluding diaryl/α,β-unsaturated/α-hetero) is 1. The van der Waals surface area contributed by atoms with Gasteiger partial charge in [-0.15, -0.1) is 0 Å². The normalized spacial score (nSPS) is 22.4. The number of ether oxygens (including phenoxy) is 2. The molecule has 1 aliphatic rings. The zero-order chi connectivity index (χ0) is 13.3. The fourth-order valence-corrected chi connectivity index (χ4v) is 1.75. The first-order valence-electron chi connectivity index (χ1n) is 5.19. The molecular weight excluding hydrogens is 245 g/mol. The second-order valence-corrected chi connectivity index (χ2v) is 3.85. The molecule has 1 fully saturated rings. The molecule has 2 unspecified atom stereocenters. The van der Waals surface area contributed by atoms with Crippen LogP contribution in [-0.2, 0) is 9.53 Å². The minimum Gasteiger partial charge on any atom is -0.480 e. The average Bonchev–Trinajstić information content (AvgIpc) is 2.30. The lowest BCUT2D eigenvalue weighted by Gasteiger charge is -2.33. The lowest BCUT2D eigenvalue weighted by atomic mass is 9.90. The zero-order valence-corrected chi connectivity index (χ0v) is 9.46. The van der Waals surface area contributed by atoms with Crippen molar-refractivity contribution in [2.45, 2.75) is 18.6 Å². The van der Waals surface area contributed by atoms with Gasteiger partial charge in [-0.3, -0.25) is 14.9 Å². The second kappa shape index (κ2) is 4.69. The maximum atomic E-state index is 12.9. The number of methoxy groups -OCH3 is 1. The van der Waals surface area contributed by atoms with E-state index in [0.717, 1.165) is 12.1 Å². The smallest absolute Gasteiger partial charge is 0.313 e. The molecule has 2 rings (SSSR count). The molecule has 1 aliphatic carbocycles. The molecular formula is C11H10FNO5. The van der Waals surface area contributed by atoms with Crippen LogP contribution in [0.3, 0.4) is 0 Å². The topological polar surface area (TPSA) is 78.7 Å². The molecule has 1 saturated carbocycles. The number of rotatable bonds is 4. The summed E-state index contributed by atoms with van der Waals surface area (Å²) in [5, 5.41) is 10.7. The molecule has 96 valence electrons. The van der Waals surface area contributed by atoms with Gasteiger partial charge in [0.05, 0.1) is 11.0 Å². The van der Waals surface area contributed by atoms with Crippen molar-refractivity contribution in [3.05, 3.63) is 34.1 Å². The fraction of sp³-hybridized carbons (Fsp3) is 0.364. The van der Waals surface area contributed by atoms with Gasteiger partial charge in [-0.05, 0) is 12.1 Å². The van der Waals surface area contributed by atoms with Crippen molar-refractivity contribution in [3.8, 4) is 5.75 Å². The summed E-state index contributed by atoms with van der Waals surface area (Å²) in [5.41, 5.74) is -0.468. The summed E-state index contributed by atoms with van der Waals surface area (Å²) in [4.78, 5) is 21.1. The molecule has 18 heavy (non-hydrogen) atoms. The van der Waals surface area contributed by atoms with Crippen LogP contribution in [0.15, 0.2) is 18.2 Å². The molecule has 2 atom stereocenters. The van der Waals surface area contributed by atoms with Gasteiger partial charge >= 0.3 is 5.69 Å². The Bertz CT molecular complexity index is 504. The maximum Gasteiger partial charge on any atom is 0.313 e. The number of carbonyl (C=O) groups excluding carboxylic acids is 1. The maximum absolute atomic E-state index is 12.9. The van der Waals surface area contributed by atoms with E-state index in [0.29, 0.717) is 0 Å². The lowest BCUT2D eigenvalue weighted by Crippen LogP contribution is -2.51. The number of nitro groups is 1. The number of nitro benzene ring substituents is 1. The molecule has 0 aliphatic heterocycles. The van der Waals surface area contributed by atoms with Gasteiger partial charge in [0.15, 0.2) is 17.6 Å². The van der Waals surface area contributed by atoms with Gasteiger partial charge in [0.25, 0.3) is 0 Å². The van der Waals surface area contributed by atoms with Crippen molar-refractivity contribution < 1.29 is 23.6 Å². The molecule has 7 heteroatoms. The Labute approximate surface area is 101 Å². The van der Waals surface area contributed by atoms with Crippen LogP contribution in [0.1, 0.15) is 6.42 Å². The number of hydrogen-bond acceptors (Lipinski definition) is 5. The minimum atomic E-state index is -0.735. The molecule has 0 N–H and O–H groups in total. The molecule has 0 aromatic heterocycles. The molecule has 0 saturated heterocycles. The highest BCUT2D eigenvalue weighted by atomic mass is 19.1. The number of ketones is 1. The summed E-state index contributed by atoms with van der Waals surface area (Å²) in [6.45, 7) is 0. The third-order valence-corrected chi connectivity index (χ3v) is 2.71. The third-order valence-electron chi connectivity index (χ3n) is 2.71. The van der Waals surface area contributed by atoms with Crippen LogP contribution in [0, 0.1) is 15.9 Å². The van der Waals surface area contributed by atoms with Gasteiger partial charge < -0.3 is 9.47 Å². The summed E-state index contributed by atoms with van der Waals surface area (Å²) < 4.78 is 23.1. The quantitative estimate of drug-likeness (QED) is 0.601. The minimum absolute atomic E-state index is 0.0686. The van der Waals surface area contributed by atoms with Crippen molar-refractivity contribution >= 4 is 11.5 Å². The number of benzene rings is 1. The van der Waals surface area contributed by atoms with E-state index in [1.807, 2.05) is 0 Å². The van der Waals surface area contributed by atoms with Gasteiger partial charge in [-0.25, -0.2) is 4.39 Å².